The van der Waals surface area contributed by atoms with Crippen molar-refractivity contribution in [1.29, 1.82) is 5.26 Å². The lowest BCUT2D eigenvalue weighted by Gasteiger charge is -2.10. The molecule has 5 heteroatoms. The third-order valence-corrected chi connectivity index (χ3v) is 3.96. The molecule has 0 aliphatic heterocycles. The Hall–Kier alpha value is -2.06. The van der Waals surface area contributed by atoms with Crippen molar-refractivity contribution in [3.63, 3.8) is 0 Å². The van der Waals surface area contributed by atoms with Gasteiger partial charge in [-0.25, -0.2) is 0 Å². The van der Waals surface area contributed by atoms with Gasteiger partial charge in [-0.2, -0.15) is 5.26 Å². The van der Waals surface area contributed by atoms with Crippen molar-refractivity contribution < 1.29 is 9.90 Å². The van der Waals surface area contributed by atoms with Crippen molar-refractivity contribution in [3.8, 4) is 6.07 Å². The Bertz CT molecular complexity index is 609. The van der Waals surface area contributed by atoms with Crippen LogP contribution in [0.3, 0.4) is 0 Å². The zero-order chi connectivity index (χ0) is 17.4. The molecule has 0 radical (unpaired) electrons. The second-order valence-electron chi connectivity index (χ2n) is 5.98. The molecule has 1 heterocycles. The van der Waals surface area contributed by atoms with Crippen molar-refractivity contribution >= 4 is 12.0 Å². The van der Waals surface area contributed by atoms with Gasteiger partial charge in [0.25, 0.3) is 5.91 Å². The first kappa shape index (κ1) is 19.0. The van der Waals surface area contributed by atoms with Gasteiger partial charge in [-0.1, -0.05) is 13.8 Å². The molecule has 0 bridgehead atoms. The molecule has 0 aromatic carbocycles. The molecule has 1 aromatic rings. The molecule has 0 saturated carbocycles. The van der Waals surface area contributed by atoms with Crippen LogP contribution in [0.25, 0.3) is 6.08 Å². The summed E-state index contributed by atoms with van der Waals surface area (Å²) in [7, 11) is 0. The van der Waals surface area contributed by atoms with Crippen LogP contribution in [0.1, 0.15) is 43.6 Å². The first-order valence-electron chi connectivity index (χ1n) is 8.12. The van der Waals surface area contributed by atoms with Crippen molar-refractivity contribution in [1.82, 2.24) is 9.88 Å². The van der Waals surface area contributed by atoms with E-state index in [1.165, 1.54) is 0 Å². The van der Waals surface area contributed by atoms with E-state index in [1.807, 2.05) is 32.9 Å². The van der Waals surface area contributed by atoms with E-state index in [0.717, 1.165) is 29.9 Å². The van der Waals surface area contributed by atoms with Gasteiger partial charge in [0.15, 0.2) is 0 Å². The molecular formula is C18H27N3O2. The standard InChI is InChI=1S/C18H27N3O2/c1-5-7-21-14(3)9-16(15(21)4)10-17(11-19)18(23)20-12-13(2)6-8-22/h9-10,13,22H,5-8,12H2,1-4H3,(H,20,23)/b17-10-. The third kappa shape index (κ3) is 5.26. The molecule has 2 N–H and O–H groups in total. The Morgan fingerprint density at radius 1 is 1.52 bits per heavy atom. The van der Waals surface area contributed by atoms with Gasteiger partial charge in [0.05, 0.1) is 0 Å². The zero-order valence-electron chi connectivity index (χ0n) is 14.5. The maximum atomic E-state index is 12.1. The fourth-order valence-electron chi connectivity index (χ4n) is 2.53. The largest absolute Gasteiger partial charge is 0.396 e. The van der Waals surface area contributed by atoms with Crippen molar-refractivity contribution in [2.45, 2.75) is 47.1 Å². The first-order valence-corrected chi connectivity index (χ1v) is 8.12. The molecule has 5 nitrogen and oxygen atoms in total. The average Bonchev–Trinajstić information content (AvgIpc) is 2.78. The number of aliphatic hydroxyl groups is 1. The SMILES string of the molecule is CCCn1c(C)cc(/C=C(/C#N)C(=O)NCC(C)CCO)c1C. The van der Waals surface area contributed by atoms with E-state index in [1.54, 1.807) is 6.08 Å². The number of nitriles is 1. The van der Waals surface area contributed by atoms with E-state index >= 15 is 0 Å². The topological polar surface area (TPSA) is 78.0 Å². The molecule has 1 aromatic heterocycles. The average molecular weight is 317 g/mol. The van der Waals surface area contributed by atoms with Crippen LogP contribution in [-0.2, 0) is 11.3 Å². The van der Waals surface area contributed by atoms with Crippen LogP contribution in [-0.4, -0.2) is 28.7 Å². The summed E-state index contributed by atoms with van der Waals surface area (Å²) in [4.78, 5) is 12.1. The number of aryl methyl sites for hydroxylation is 1. The molecule has 0 spiro atoms. The number of carbonyl (C=O) groups excluding carboxylic acids is 1. The van der Waals surface area contributed by atoms with Crippen LogP contribution in [0, 0.1) is 31.1 Å². The summed E-state index contributed by atoms with van der Waals surface area (Å²) >= 11 is 0. The number of aliphatic hydroxyl groups excluding tert-OH is 1. The predicted molar refractivity (Wildman–Crippen MR) is 91.7 cm³/mol. The zero-order valence-corrected chi connectivity index (χ0v) is 14.5. The Labute approximate surface area is 138 Å². The third-order valence-electron chi connectivity index (χ3n) is 3.96. The molecule has 126 valence electrons. The van der Waals surface area contributed by atoms with Gasteiger partial charge in [0.1, 0.15) is 11.6 Å². The number of aromatic nitrogens is 1. The second kappa shape index (κ2) is 9.16. The molecule has 1 rings (SSSR count). The molecule has 0 aliphatic carbocycles. The summed E-state index contributed by atoms with van der Waals surface area (Å²) in [5.41, 5.74) is 3.22. The van der Waals surface area contributed by atoms with E-state index in [0.29, 0.717) is 13.0 Å². The predicted octanol–water partition coefficient (Wildman–Crippen LogP) is 2.56. The van der Waals surface area contributed by atoms with Crippen molar-refractivity contribution in [3.05, 3.63) is 28.6 Å². The number of hydrogen-bond acceptors (Lipinski definition) is 3. The van der Waals surface area contributed by atoms with Gasteiger partial charge in [0, 0.05) is 31.1 Å². The summed E-state index contributed by atoms with van der Waals surface area (Å²) < 4.78 is 2.20. The van der Waals surface area contributed by atoms with Crippen LogP contribution in [0.5, 0.6) is 0 Å². The number of nitrogens with zero attached hydrogens (tertiary/aromatic N) is 2. The number of nitrogens with one attached hydrogen (secondary N) is 1. The maximum Gasteiger partial charge on any atom is 0.261 e. The highest BCUT2D eigenvalue weighted by molar-refractivity contribution is 6.01. The van der Waals surface area contributed by atoms with E-state index in [4.69, 9.17) is 5.11 Å². The Morgan fingerprint density at radius 2 is 2.22 bits per heavy atom. The van der Waals surface area contributed by atoms with Gasteiger partial charge in [-0.15, -0.1) is 0 Å². The Morgan fingerprint density at radius 3 is 2.78 bits per heavy atom. The van der Waals surface area contributed by atoms with Gasteiger partial charge in [0.2, 0.25) is 0 Å². The second-order valence-corrected chi connectivity index (χ2v) is 5.98. The van der Waals surface area contributed by atoms with E-state index in [-0.39, 0.29) is 24.0 Å². The molecule has 23 heavy (non-hydrogen) atoms. The smallest absolute Gasteiger partial charge is 0.261 e. The molecule has 0 saturated heterocycles. The minimum atomic E-state index is -0.363. The number of hydrogen-bond donors (Lipinski definition) is 2. The van der Waals surface area contributed by atoms with Gasteiger partial charge in [-0.05, 0) is 50.3 Å². The highest BCUT2D eigenvalue weighted by Crippen LogP contribution is 2.18. The maximum absolute atomic E-state index is 12.1. The van der Waals surface area contributed by atoms with E-state index in [9.17, 15) is 10.1 Å². The van der Waals surface area contributed by atoms with Crippen LogP contribution in [0.2, 0.25) is 0 Å². The normalized spacial score (nSPS) is 12.8. The van der Waals surface area contributed by atoms with Gasteiger partial charge in [-0.3, -0.25) is 4.79 Å². The summed E-state index contributed by atoms with van der Waals surface area (Å²) in [5, 5.41) is 20.9. The van der Waals surface area contributed by atoms with Gasteiger partial charge >= 0.3 is 0 Å². The number of carbonyl (C=O) groups is 1. The number of amides is 1. The minimum Gasteiger partial charge on any atom is -0.396 e. The van der Waals surface area contributed by atoms with Crippen LogP contribution < -0.4 is 5.32 Å². The van der Waals surface area contributed by atoms with Crippen LogP contribution in [0.4, 0.5) is 0 Å². The summed E-state index contributed by atoms with van der Waals surface area (Å²) in [6.45, 7) is 9.58. The molecule has 0 fully saturated rings. The van der Waals surface area contributed by atoms with Crippen LogP contribution >= 0.6 is 0 Å². The molecule has 1 unspecified atom stereocenters. The van der Waals surface area contributed by atoms with Crippen molar-refractivity contribution in [2.75, 3.05) is 13.2 Å². The molecule has 1 atom stereocenters. The van der Waals surface area contributed by atoms with E-state index < -0.39 is 0 Å². The van der Waals surface area contributed by atoms with Gasteiger partial charge < -0.3 is 15.0 Å². The quantitative estimate of drug-likeness (QED) is 0.571. The molecular weight excluding hydrogens is 290 g/mol. The minimum absolute atomic E-state index is 0.0986. The lowest BCUT2D eigenvalue weighted by Crippen LogP contribution is -2.29. The lowest BCUT2D eigenvalue weighted by atomic mass is 10.1. The fourth-order valence-corrected chi connectivity index (χ4v) is 2.53. The summed E-state index contributed by atoms with van der Waals surface area (Å²) in [6.07, 6.45) is 3.32. The number of rotatable bonds is 8. The highest BCUT2D eigenvalue weighted by atomic mass is 16.3. The monoisotopic (exact) mass is 317 g/mol. The van der Waals surface area contributed by atoms with Crippen LogP contribution in [0.15, 0.2) is 11.6 Å². The summed E-state index contributed by atoms with van der Waals surface area (Å²) in [5.74, 6) is -0.184. The summed E-state index contributed by atoms with van der Waals surface area (Å²) in [6, 6.07) is 3.99. The molecule has 0 aliphatic rings. The van der Waals surface area contributed by atoms with E-state index in [2.05, 4.69) is 16.8 Å². The first-order chi connectivity index (χ1) is 10.9. The fraction of sp³-hybridized carbons (Fsp3) is 0.556. The highest BCUT2D eigenvalue weighted by Gasteiger charge is 2.13. The van der Waals surface area contributed by atoms with Crippen molar-refractivity contribution in [2.24, 2.45) is 5.92 Å². The molecule has 1 amide bonds. The Balaban J connectivity index is 2.89. The lowest BCUT2D eigenvalue weighted by molar-refractivity contribution is -0.117. The Kier molecular flexibility index (Phi) is 7.56.